The number of hydrogen-bond acceptors (Lipinski definition) is 3. The number of urea groups is 1. The van der Waals surface area contributed by atoms with Gasteiger partial charge in [-0.2, -0.15) is 0 Å². The monoisotopic (exact) mass is 304 g/mol. The second-order valence-electron chi connectivity index (χ2n) is 6.44. The van der Waals surface area contributed by atoms with Crippen LogP contribution in [0.5, 0.6) is 5.75 Å². The van der Waals surface area contributed by atoms with E-state index in [1.807, 2.05) is 24.0 Å². The van der Waals surface area contributed by atoms with Crippen LogP contribution >= 0.6 is 0 Å². The summed E-state index contributed by atoms with van der Waals surface area (Å²) >= 11 is 0. The molecule has 2 heterocycles. The van der Waals surface area contributed by atoms with Crippen molar-refractivity contribution < 1.29 is 14.6 Å². The van der Waals surface area contributed by atoms with Crippen molar-refractivity contribution in [3.05, 3.63) is 29.3 Å². The van der Waals surface area contributed by atoms with Gasteiger partial charge < -0.3 is 20.1 Å². The average molecular weight is 304 g/mol. The van der Waals surface area contributed by atoms with Crippen LogP contribution in [0, 0.1) is 12.8 Å². The molecule has 0 aromatic heterocycles. The van der Waals surface area contributed by atoms with Crippen molar-refractivity contribution in [1.29, 1.82) is 0 Å². The van der Waals surface area contributed by atoms with Crippen molar-refractivity contribution in [3.63, 3.8) is 0 Å². The Hall–Kier alpha value is -1.75. The minimum atomic E-state index is -0.367. The van der Waals surface area contributed by atoms with Gasteiger partial charge in [0.05, 0.1) is 12.1 Å². The molecule has 5 nitrogen and oxygen atoms in total. The van der Waals surface area contributed by atoms with E-state index in [-0.39, 0.29) is 24.1 Å². The number of fused-ring (bicyclic) bond motifs is 1. The third-order valence-electron chi connectivity index (χ3n) is 4.67. The molecular weight excluding hydrogens is 280 g/mol. The Balaban J connectivity index is 1.65. The van der Waals surface area contributed by atoms with Crippen LogP contribution in [0.15, 0.2) is 18.2 Å². The number of rotatable bonds is 2. The number of aliphatic hydroxyl groups is 1. The number of piperidine rings is 1. The lowest BCUT2D eigenvalue weighted by Gasteiger charge is -2.34. The number of nitrogens with one attached hydrogen (secondary N) is 1. The lowest BCUT2D eigenvalue weighted by molar-refractivity contribution is 0.0731. The maximum atomic E-state index is 12.5. The maximum Gasteiger partial charge on any atom is 0.318 e. The molecule has 3 atom stereocenters. The predicted octanol–water partition coefficient (Wildman–Crippen LogP) is 2.23. The summed E-state index contributed by atoms with van der Waals surface area (Å²) < 4.78 is 5.64. The van der Waals surface area contributed by atoms with Crippen LogP contribution in [0.3, 0.4) is 0 Å². The molecule has 0 radical (unpaired) electrons. The molecule has 2 aliphatic heterocycles. The van der Waals surface area contributed by atoms with Crippen LogP contribution in [-0.2, 0) is 0 Å². The van der Waals surface area contributed by atoms with Crippen LogP contribution < -0.4 is 10.1 Å². The number of hydrogen-bond donors (Lipinski definition) is 2. The average Bonchev–Trinajstić information content (AvgIpc) is 2.89. The van der Waals surface area contributed by atoms with Crippen molar-refractivity contribution in [2.24, 2.45) is 5.92 Å². The summed E-state index contributed by atoms with van der Waals surface area (Å²) in [5.74, 6) is 1.03. The zero-order chi connectivity index (χ0) is 15.7. The van der Waals surface area contributed by atoms with Gasteiger partial charge in [-0.15, -0.1) is 0 Å². The largest absolute Gasteiger partial charge is 0.491 e. The quantitative estimate of drug-likeness (QED) is 0.881. The minimum Gasteiger partial charge on any atom is -0.491 e. The fraction of sp³-hybridized carbons (Fsp3) is 0.588. The second kappa shape index (κ2) is 6.16. The van der Waals surface area contributed by atoms with Crippen molar-refractivity contribution >= 4 is 6.03 Å². The lowest BCUT2D eigenvalue weighted by atomic mass is 9.93. The first-order chi connectivity index (χ1) is 10.5. The van der Waals surface area contributed by atoms with E-state index in [9.17, 15) is 9.90 Å². The number of ether oxygens (including phenoxy) is 1. The predicted molar refractivity (Wildman–Crippen MR) is 83.9 cm³/mol. The molecule has 2 aliphatic rings. The van der Waals surface area contributed by atoms with Crippen LogP contribution in [0.25, 0.3) is 0 Å². The molecule has 2 N–H and O–H groups in total. The third-order valence-corrected chi connectivity index (χ3v) is 4.67. The Labute approximate surface area is 131 Å². The van der Waals surface area contributed by atoms with E-state index in [0.717, 1.165) is 36.3 Å². The molecule has 2 amide bonds. The van der Waals surface area contributed by atoms with E-state index < -0.39 is 0 Å². The number of carbonyl (C=O) groups is 1. The van der Waals surface area contributed by atoms with Crippen molar-refractivity contribution in [2.75, 3.05) is 19.7 Å². The second-order valence-corrected chi connectivity index (χ2v) is 6.44. The van der Waals surface area contributed by atoms with Gasteiger partial charge >= 0.3 is 6.03 Å². The van der Waals surface area contributed by atoms with Gasteiger partial charge in [0.25, 0.3) is 0 Å². The molecule has 3 rings (SSSR count). The van der Waals surface area contributed by atoms with Gasteiger partial charge in [-0.3, -0.25) is 0 Å². The van der Waals surface area contributed by atoms with Gasteiger partial charge in [0.1, 0.15) is 12.4 Å². The molecule has 22 heavy (non-hydrogen) atoms. The van der Waals surface area contributed by atoms with E-state index >= 15 is 0 Å². The van der Waals surface area contributed by atoms with Crippen LogP contribution in [-0.4, -0.2) is 41.8 Å². The zero-order valence-corrected chi connectivity index (χ0v) is 13.2. The van der Waals surface area contributed by atoms with Gasteiger partial charge in [-0.25, -0.2) is 4.79 Å². The molecular formula is C17H24N2O3. The van der Waals surface area contributed by atoms with E-state index in [1.165, 1.54) is 0 Å². The van der Waals surface area contributed by atoms with Gasteiger partial charge in [-0.1, -0.05) is 17.7 Å². The summed E-state index contributed by atoms with van der Waals surface area (Å²) in [7, 11) is 0. The highest BCUT2D eigenvalue weighted by atomic mass is 16.5. The summed E-state index contributed by atoms with van der Waals surface area (Å²) in [6.07, 6.45) is 1.56. The topological polar surface area (TPSA) is 61.8 Å². The SMILES string of the molecule is Cc1ccc2c(c1)C(NC(=O)N1CCCC(C(C)O)C1)CO2. The highest BCUT2D eigenvalue weighted by molar-refractivity contribution is 5.75. The molecule has 1 fully saturated rings. The highest BCUT2D eigenvalue weighted by Crippen LogP contribution is 2.33. The Kier molecular flexibility index (Phi) is 4.25. The summed E-state index contributed by atoms with van der Waals surface area (Å²) in [5.41, 5.74) is 2.22. The van der Waals surface area contributed by atoms with Gasteiger partial charge in [0, 0.05) is 24.6 Å². The maximum absolute atomic E-state index is 12.5. The summed E-state index contributed by atoms with van der Waals surface area (Å²) in [4.78, 5) is 14.3. The first-order valence-electron chi connectivity index (χ1n) is 8.01. The smallest absolute Gasteiger partial charge is 0.318 e. The Morgan fingerprint density at radius 3 is 3.09 bits per heavy atom. The Morgan fingerprint density at radius 2 is 2.32 bits per heavy atom. The number of carbonyl (C=O) groups excluding carboxylic acids is 1. The van der Waals surface area contributed by atoms with Crippen molar-refractivity contribution in [2.45, 2.75) is 38.8 Å². The lowest BCUT2D eigenvalue weighted by Crippen LogP contribution is -2.48. The van der Waals surface area contributed by atoms with Crippen LogP contribution in [0.4, 0.5) is 4.79 Å². The normalized spacial score (nSPS) is 25.3. The summed E-state index contributed by atoms with van der Waals surface area (Å²) in [6.45, 7) is 5.70. The molecule has 0 aliphatic carbocycles. The van der Waals surface area contributed by atoms with Crippen molar-refractivity contribution in [3.8, 4) is 5.75 Å². The van der Waals surface area contributed by atoms with E-state index in [1.54, 1.807) is 6.92 Å². The van der Waals surface area contributed by atoms with Crippen LogP contribution in [0.2, 0.25) is 0 Å². The minimum absolute atomic E-state index is 0.0618. The first kappa shape index (κ1) is 15.2. The van der Waals surface area contributed by atoms with Crippen LogP contribution in [0.1, 0.15) is 36.9 Å². The molecule has 0 saturated carbocycles. The van der Waals surface area contributed by atoms with Crippen molar-refractivity contribution in [1.82, 2.24) is 10.2 Å². The molecule has 1 aromatic rings. The molecule has 5 heteroatoms. The summed E-state index contributed by atoms with van der Waals surface area (Å²) in [5, 5.41) is 12.8. The molecule has 0 bridgehead atoms. The zero-order valence-electron chi connectivity index (χ0n) is 13.2. The first-order valence-corrected chi connectivity index (χ1v) is 8.01. The van der Waals surface area contributed by atoms with Gasteiger partial charge in [-0.05, 0) is 32.8 Å². The molecule has 0 spiro atoms. The standard InChI is InChI=1S/C17H24N2O3/c1-11-5-6-16-14(8-11)15(10-22-16)18-17(21)19-7-3-4-13(9-19)12(2)20/h5-6,8,12-13,15,20H,3-4,7,9-10H2,1-2H3,(H,18,21). The van der Waals surface area contributed by atoms with Gasteiger partial charge in [0.15, 0.2) is 0 Å². The number of nitrogens with zero attached hydrogens (tertiary/aromatic N) is 1. The number of aliphatic hydroxyl groups excluding tert-OH is 1. The van der Waals surface area contributed by atoms with E-state index in [2.05, 4.69) is 11.4 Å². The van der Waals surface area contributed by atoms with E-state index in [4.69, 9.17) is 4.74 Å². The molecule has 3 unspecified atom stereocenters. The summed E-state index contributed by atoms with van der Waals surface area (Å²) in [6, 6.07) is 5.90. The number of likely N-dealkylation sites (tertiary alicyclic amines) is 1. The van der Waals surface area contributed by atoms with Gasteiger partial charge in [0.2, 0.25) is 0 Å². The molecule has 1 aromatic carbocycles. The number of amides is 2. The Morgan fingerprint density at radius 1 is 1.50 bits per heavy atom. The highest BCUT2D eigenvalue weighted by Gasteiger charge is 2.30. The fourth-order valence-electron chi connectivity index (χ4n) is 3.28. The third kappa shape index (κ3) is 3.04. The fourth-order valence-corrected chi connectivity index (χ4v) is 3.28. The number of aryl methyl sites for hydroxylation is 1. The number of benzene rings is 1. The molecule has 120 valence electrons. The molecule has 1 saturated heterocycles. The Bertz CT molecular complexity index is 559. The van der Waals surface area contributed by atoms with E-state index in [0.29, 0.717) is 13.2 Å².